The third kappa shape index (κ3) is 7.85. The van der Waals surface area contributed by atoms with E-state index in [-0.39, 0.29) is 24.0 Å². The maximum Gasteiger partial charge on any atom is 0.193 e. The first-order chi connectivity index (χ1) is 13.7. The standard InChI is InChI=1S/C21H31N5O2.HI/c1-18-5-7-20(8-6-18)27-15-4-3-10-23-21(22-2)26-13-11-25(12-14-26)17-19-9-16-28-24-19;/h5-9,16H,3-4,10-15,17H2,1-2H3,(H,22,23);1H. The van der Waals surface area contributed by atoms with Gasteiger partial charge in [0, 0.05) is 52.4 Å². The number of benzene rings is 1. The Hall–Kier alpha value is -1.81. The lowest BCUT2D eigenvalue weighted by Crippen LogP contribution is -2.52. The Morgan fingerprint density at radius 3 is 2.55 bits per heavy atom. The monoisotopic (exact) mass is 513 g/mol. The maximum atomic E-state index is 5.78. The molecule has 160 valence electrons. The molecule has 29 heavy (non-hydrogen) atoms. The number of unbranched alkanes of at least 4 members (excludes halogenated alkanes) is 1. The van der Waals surface area contributed by atoms with Crippen LogP contribution in [0.2, 0.25) is 0 Å². The second-order valence-corrected chi connectivity index (χ2v) is 7.10. The third-order valence-corrected chi connectivity index (χ3v) is 4.90. The normalized spacial score (nSPS) is 15.1. The van der Waals surface area contributed by atoms with Crippen LogP contribution in [0, 0.1) is 6.92 Å². The molecule has 0 atom stereocenters. The number of guanidine groups is 1. The SMILES string of the molecule is CN=C(NCCCCOc1ccc(C)cc1)N1CCN(Cc2ccon2)CC1.I. The molecule has 7 nitrogen and oxygen atoms in total. The summed E-state index contributed by atoms with van der Waals surface area (Å²) in [6.07, 6.45) is 3.70. The molecule has 1 aliphatic heterocycles. The number of piperazine rings is 1. The maximum absolute atomic E-state index is 5.78. The minimum Gasteiger partial charge on any atom is -0.494 e. The molecular formula is C21H32IN5O2. The highest BCUT2D eigenvalue weighted by molar-refractivity contribution is 14.0. The molecule has 2 heterocycles. The quantitative estimate of drug-likeness (QED) is 0.253. The van der Waals surface area contributed by atoms with Crippen molar-refractivity contribution in [1.29, 1.82) is 0 Å². The molecular weight excluding hydrogens is 481 g/mol. The fourth-order valence-electron chi connectivity index (χ4n) is 3.25. The van der Waals surface area contributed by atoms with Gasteiger partial charge in [0.1, 0.15) is 12.0 Å². The zero-order chi connectivity index (χ0) is 19.6. The molecule has 0 spiro atoms. The number of aliphatic imine (C=N–C) groups is 1. The van der Waals surface area contributed by atoms with Crippen molar-refractivity contribution < 1.29 is 9.26 Å². The first kappa shape index (κ1) is 23.5. The molecule has 1 aromatic carbocycles. The van der Waals surface area contributed by atoms with Gasteiger partial charge in [0.25, 0.3) is 0 Å². The van der Waals surface area contributed by atoms with Crippen molar-refractivity contribution in [1.82, 2.24) is 20.3 Å². The van der Waals surface area contributed by atoms with Gasteiger partial charge in [-0.3, -0.25) is 9.89 Å². The van der Waals surface area contributed by atoms with E-state index < -0.39 is 0 Å². The van der Waals surface area contributed by atoms with Gasteiger partial charge in [0.2, 0.25) is 0 Å². The second kappa shape index (κ2) is 12.7. The van der Waals surface area contributed by atoms with Crippen molar-refractivity contribution in [3.8, 4) is 5.75 Å². The van der Waals surface area contributed by atoms with E-state index in [4.69, 9.17) is 9.26 Å². The fraction of sp³-hybridized carbons (Fsp3) is 0.524. The molecule has 8 heteroatoms. The van der Waals surface area contributed by atoms with E-state index in [1.807, 2.05) is 25.2 Å². The first-order valence-electron chi connectivity index (χ1n) is 10.0. The summed E-state index contributed by atoms with van der Waals surface area (Å²) in [4.78, 5) is 9.15. The molecule has 0 aliphatic carbocycles. The molecule has 3 rings (SSSR count). The van der Waals surface area contributed by atoms with Gasteiger partial charge in [0.15, 0.2) is 5.96 Å². The number of aryl methyl sites for hydroxylation is 1. The number of rotatable bonds is 8. The van der Waals surface area contributed by atoms with Crippen molar-refractivity contribution >= 4 is 29.9 Å². The molecule has 0 radical (unpaired) electrons. The van der Waals surface area contributed by atoms with Crippen LogP contribution in [0.1, 0.15) is 24.1 Å². The number of hydrogen-bond donors (Lipinski definition) is 1. The summed E-state index contributed by atoms with van der Waals surface area (Å²) >= 11 is 0. The van der Waals surface area contributed by atoms with Crippen LogP contribution in [0.4, 0.5) is 0 Å². The smallest absolute Gasteiger partial charge is 0.193 e. The van der Waals surface area contributed by atoms with Gasteiger partial charge >= 0.3 is 0 Å². The Morgan fingerprint density at radius 2 is 1.90 bits per heavy atom. The summed E-state index contributed by atoms with van der Waals surface area (Å²) in [6.45, 7) is 8.50. The fourth-order valence-corrected chi connectivity index (χ4v) is 3.25. The highest BCUT2D eigenvalue weighted by atomic mass is 127. The summed E-state index contributed by atoms with van der Waals surface area (Å²) in [5.41, 5.74) is 2.24. The third-order valence-electron chi connectivity index (χ3n) is 4.90. The highest BCUT2D eigenvalue weighted by Crippen LogP contribution is 2.12. The van der Waals surface area contributed by atoms with Gasteiger partial charge in [-0.2, -0.15) is 0 Å². The van der Waals surface area contributed by atoms with Crippen molar-refractivity contribution in [3.05, 3.63) is 47.9 Å². The van der Waals surface area contributed by atoms with E-state index >= 15 is 0 Å². The van der Waals surface area contributed by atoms with Crippen LogP contribution in [0.15, 0.2) is 46.1 Å². The van der Waals surface area contributed by atoms with Crippen molar-refractivity contribution in [3.63, 3.8) is 0 Å². The molecule has 0 unspecified atom stereocenters. The second-order valence-electron chi connectivity index (χ2n) is 7.10. The Labute approximate surface area is 190 Å². The van der Waals surface area contributed by atoms with Gasteiger partial charge in [0.05, 0.1) is 12.3 Å². The van der Waals surface area contributed by atoms with E-state index in [1.54, 1.807) is 6.26 Å². The van der Waals surface area contributed by atoms with Gasteiger partial charge < -0.3 is 19.5 Å². The van der Waals surface area contributed by atoms with E-state index in [1.165, 1.54) is 5.56 Å². The summed E-state index contributed by atoms with van der Waals surface area (Å²) in [5.74, 6) is 1.93. The lowest BCUT2D eigenvalue weighted by molar-refractivity contribution is 0.169. The molecule has 2 aromatic rings. The Morgan fingerprint density at radius 1 is 1.14 bits per heavy atom. The van der Waals surface area contributed by atoms with Crippen LogP contribution in [-0.2, 0) is 6.54 Å². The summed E-state index contributed by atoms with van der Waals surface area (Å²) in [7, 11) is 1.85. The van der Waals surface area contributed by atoms with Gasteiger partial charge in [-0.05, 0) is 31.9 Å². The molecule has 1 N–H and O–H groups in total. The molecule has 0 bridgehead atoms. The number of nitrogens with one attached hydrogen (secondary N) is 1. The van der Waals surface area contributed by atoms with Crippen LogP contribution in [0.5, 0.6) is 5.75 Å². The molecule has 1 saturated heterocycles. The van der Waals surface area contributed by atoms with E-state index in [2.05, 4.69) is 44.3 Å². The molecule has 1 aliphatic rings. The number of halogens is 1. The van der Waals surface area contributed by atoms with E-state index in [0.717, 1.165) is 76.1 Å². The van der Waals surface area contributed by atoms with Crippen LogP contribution in [-0.4, -0.2) is 67.3 Å². The van der Waals surface area contributed by atoms with Crippen LogP contribution in [0.3, 0.4) is 0 Å². The van der Waals surface area contributed by atoms with E-state index in [0.29, 0.717) is 0 Å². The van der Waals surface area contributed by atoms with Gasteiger partial charge in [-0.15, -0.1) is 24.0 Å². The summed E-state index contributed by atoms with van der Waals surface area (Å²) in [5, 5.41) is 7.47. The van der Waals surface area contributed by atoms with E-state index in [9.17, 15) is 0 Å². The van der Waals surface area contributed by atoms with Crippen molar-refractivity contribution in [2.45, 2.75) is 26.3 Å². The van der Waals surface area contributed by atoms with Crippen LogP contribution >= 0.6 is 24.0 Å². The number of aromatic nitrogens is 1. The predicted molar refractivity (Wildman–Crippen MR) is 126 cm³/mol. The van der Waals surface area contributed by atoms with Crippen molar-refractivity contribution in [2.24, 2.45) is 4.99 Å². The first-order valence-corrected chi connectivity index (χ1v) is 10.0. The lowest BCUT2D eigenvalue weighted by atomic mass is 10.2. The predicted octanol–water partition coefficient (Wildman–Crippen LogP) is 3.15. The zero-order valence-electron chi connectivity index (χ0n) is 17.3. The number of hydrogen-bond acceptors (Lipinski definition) is 5. The topological polar surface area (TPSA) is 66.1 Å². The number of nitrogens with zero attached hydrogens (tertiary/aromatic N) is 4. The average molecular weight is 513 g/mol. The number of ether oxygens (including phenoxy) is 1. The van der Waals surface area contributed by atoms with Crippen LogP contribution in [0.25, 0.3) is 0 Å². The zero-order valence-corrected chi connectivity index (χ0v) is 19.7. The Bertz CT molecular complexity index is 713. The molecule has 1 fully saturated rings. The summed E-state index contributed by atoms with van der Waals surface area (Å²) in [6, 6.07) is 10.1. The summed E-state index contributed by atoms with van der Waals surface area (Å²) < 4.78 is 10.7. The van der Waals surface area contributed by atoms with Gasteiger partial charge in [-0.1, -0.05) is 22.9 Å². The molecule has 1 aromatic heterocycles. The molecule has 0 saturated carbocycles. The van der Waals surface area contributed by atoms with Crippen molar-refractivity contribution in [2.75, 3.05) is 46.4 Å². The largest absolute Gasteiger partial charge is 0.494 e. The minimum absolute atomic E-state index is 0. The minimum atomic E-state index is 0. The van der Waals surface area contributed by atoms with Crippen LogP contribution < -0.4 is 10.1 Å². The molecule has 0 amide bonds. The Kier molecular flexibility index (Phi) is 10.3. The Balaban J connectivity index is 0.00000300. The van der Waals surface area contributed by atoms with Gasteiger partial charge in [-0.25, -0.2) is 0 Å². The highest BCUT2D eigenvalue weighted by Gasteiger charge is 2.20. The average Bonchev–Trinajstić information content (AvgIpc) is 3.23. The lowest BCUT2D eigenvalue weighted by Gasteiger charge is -2.36.